The van der Waals surface area contributed by atoms with Crippen LogP contribution < -0.4 is 10.5 Å². The maximum Gasteiger partial charge on any atom is 0.142 e. The summed E-state index contributed by atoms with van der Waals surface area (Å²) < 4.78 is 7.33. The van der Waals surface area contributed by atoms with Crippen LogP contribution >= 0.6 is 0 Å². The molecule has 0 bridgehead atoms. The number of para-hydroxylation sites is 2. The van der Waals surface area contributed by atoms with E-state index in [2.05, 4.69) is 9.97 Å². The molecule has 1 aromatic carbocycles. The molecule has 0 aliphatic heterocycles. The first-order chi connectivity index (χ1) is 9.81. The van der Waals surface area contributed by atoms with Gasteiger partial charge in [0.15, 0.2) is 0 Å². The van der Waals surface area contributed by atoms with Gasteiger partial charge in [-0.25, -0.2) is 4.98 Å². The van der Waals surface area contributed by atoms with Crippen molar-refractivity contribution in [1.29, 1.82) is 0 Å². The van der Waals surface area contributed by atoms with Crippen LogP contribution in [0.15, 0.2) is 55.2 Å². The minimum absolute atomic E-state index is 0.664. The summed E-state index contributed by atoms with van der Waals surface area (Å²) in [5.41, 5.74) is 9.31. The van der Waals surface area contributed by atoms with E-state index in [1.807, 2.05) is 28.8 Å². The van der Waals surface area contributed by atoms with Crippen LogP contribution in [0.5, 0.6) is 5.75 Å². The predicted octanol–water partition coefficient (Wildman–Crippen LogP) is 2.53. The van der Waals surface area contributed by atoms with Crippen molar-refractivity contribution in [3.8, 4) is 22.7 Å². The Morgan fingerprint density at radius 3 is 2.75 bits per heavy atom. The Morgan fingerprint density at radius 2 is 1.95 bits per heavy atom. The van der Waals surface area contributed by atoms with Gasteiger partial charge in [-0.2, -0.15) is 0 Å². The molecule has 0 saturated heterocycles. The van der Waals surface area contributed by atoms with Crippen molar-refractivity contribution in [2.24, 2.45) is 0 Å². The molecule has 0 atom stereocenters. The Hall–Kier alpha value is -2.82. The maximum absolute atomic E-state index is 6.02. The van der Waals surface area contributed by atoms with E-state index >= 15 is 0 Å². The van der Waals surface area contributed by atoms with E-state index in [0.717, 1.165) is 22.7 Å². The zero-order valence-corrected chi connectivity index (χ0v) is 11.0. The number of ether oxygens (including phenoxy) is 1. The number of aromatic nitrogens is 3. The molecule has 0 saturated carbocycles. The third kappa shape index (κ3) is 1.99. The van der Waals surface area contributed by atoms with E-state index in [4.69, 9.17) is 10.5 Å². The number of nitrogens with two attached hydrogens (primary N) is 1. The molecular weight excluding hydrogens is 252 g/mol. The number of methoxy groups -OCH3 is 1. The quantitative estimate of drug-likeness (QED) is 0.791. The standard InChI is InChI=1S/C15H14N4O/c1-20-15-5-3-2-4-13(15)19-10-18-9-14(19)11-8-17-7-6-12(11)16/h2-10H,1H3,(H2,16,17). The second kappa shape index (κ2) is 5.05. The molecule has 0 fully saturated rings. The van der Waals surface area contributed by atoms with Gasteiger partial charge in [-0.1, -0.05) is 12.1 Å². The average Bonchev–Trinajstić information content (AvgIpc) is 2.96. The van der Waals surface area contributed by atoms with E-state index in [1.54, 1.807) is 38.1 Å². The van der Waals surface area contributed by atoms with Gasteiger partial charge in [0, 0.05) is 23.6 Å². The van der Waals surface area contributed by atoms with E-state index in [0.29, 0.717) is 5.69 Å². The van der Waals surface area contributed by atoms with E-state index < -0.39 is 0 Å². The van der Waals surface area contributed by atoms with Gasteiger partial charge < -0.3 is 10.5 Å². The topological polar surface area (TPSA) is 66.0 Å². The van der Waals surface area contributed by atoms with Crippen LogP contribution in [0.4, 0.5) is 5.69 Å². The van der Waals surface area contributed by atoms with Gasteiger partial charge in [0.2, 0.25) is 0 Å². The first kappa shape index (κ1) is 12.2. The number of pyridine rings is 1. The van der Waals surface area contributed by atoms with Crippen LogP contribution in [0, 0.1) is 0 Å². The van der Waals surface area contributed by atoms with Gasteiger partial charge in [-0.3, -0.25) is 9.55 Å². The van der Waals surface area contributed by atoms with Crippen LogP contribution in [0.3, 0.4) is 0 Å². The van der Waals surface area contributed by atoms with E-state index in [1.165, 1.54) is 0 Å². The molecular formula is C15H14N4O. The zero-order valence-electron chi connectivity index (χ0n) is 11.0. The summed E-state index contributed by atoms with van der Waals surface area (Å²) in [6.07, 6.45) is 6.90. The summed E-state index contributed by atoms with van der Waals surface area (Å²) in [7, 11) is 1.65. The van der Waals surface area contributed by atoms with Crippen molar-refractivity contribution < 1.29 is 4.74 Å². The van der Waals surface area contributed by atoms with Crippen LogP contribution in [0.1, 0.15) is 0 Å². The molecule has 2 aromatic heterocycles. The second-order valence-corrected chi connectivity index (χ2v) is 4.28. The fraction of sp³-hybridized carbons (Fsp3) is 0.0667. The van der Waals surface area contributed by atoms with Crippen LogP contribution in [0.2, 0.25) is 0 Å². The molecule has 0 spiro atoms. The van der Waals surface area contributed by atoms with Gasteiger partial charge >= 0.3 is 0 Å². The third-order valence-electron chi connectivity index (χ3n) is 3.11. The van der Waals surface area contributed by atoms with Gasteiger partial charge in [0.05, 0.1) is 31.0 Å². The van der Waals surface area contributed by atoms with Crippen LogP contribution in [0.25, 0.3) is 16.9 Å². The molecule has 3 aromatic rings. The van der Waals surface area contributed by atoms with Crippen molar-refractivity contribution in [2.45, 2.75) is 0 Å². The Bertz CT molecular complexity index is 736. The maximum atomic E-state index is 6.02. The highest BCUT2D eigenvalue weighted by atomic mass is 16.5. The molecule has 0 unspecified atom stereocenters. The molecule has 2 heterocycles. The van der Waals surface area contributed by atoms with Gasteiger partial charge in [-0.15, -0.1) is 0 Å². The highest BCUT2D eigenvalue weighted by Gasteiger charge is 2.12. The fourth-order valence-corrected chi connectivity index (χ4v) is 2.13. The number of imidazole rings is 1. The minimum atomic E-state index is 0.664. The third-order valence-corrected chi connectivity index (χ3v) is 3.11. The number of rotatable bonds is 3. The Kier molecular flexibility index (Phi) is 3.09. The number of benzene rings is 1. The molecule has 0 radical (unpaired) electrons. The molecule has 3 rings (SSSR count). The predicted molar refractivity (Wildman–Crippen MR) is 77.8 cm³/mol. The number of anilines is 1. The molecule has 5 nitrogen and oxygen atoms in total. The first-order valence-electron chi connectivity index (χ1n) is 6.17. The Labute approximate surface area is 116 Å². The summed E-state index contributed by atoms with van der Waals surface area (Å²) in [5, 5.41) is 0. The second-order valence-electron chi connectivity index (χ2n) is 4.28. The average molecular weight is 266 g/mol. The van der Waals surface area contributed by atoms with Crippen molar-refractivity contribution >= 4 is 5.69 Å². The lowest BCUT2D eigenvalue weighted by atomic mass is 10.1. The molecule has 0 amide bonds. The smallest absolute Gasteiger partial charge is 0.142 e. The van der Waals surface area contributed by atoms with Gasteiger partial charge in [0.25, 0.3) is 0 Å². The lowest BCUT2D eigenvalue weighted by Gasteiger charge is -2.13. The van der Waals surface area contributed by atoms with Crippen LogP contribution in [-0.4, -0.2) is 21.6 Å². The van der Waals surface area contributed by atoms with Crippen molar-refractivity contribution in [1.82, 2.24) is 14.5 Å². The largest absolute Gasteiger partial charge is 0.495 e. The van der Waals surface area contributed by atoms with E-state index in [-0.39, 0.29) is 0 Å². The summed E-state index contributed by atoms with van der Waals surface area (Å²) in [6, 6.07) is 9.53. The Balaban J connectivity index is 2.19. The molecule has 0 aliphatic carbocycles. The van der Waals surface area contributed by atoms with E-state index in [9.17, 15) is 0 Å². The van der Waals surface area contributed by atoms with Crippen molar-refractivity contribution in [2.75, 3.05) is 12.8 Å². The minimum Gasteiger partial charge on any atom is -0.495 e. The van der Waals surface area contributed by atoms with Crippen molar-refractivity contribution in [3.05, 3.63) is 55.2 Å². The molecule has 20 heavy (non-hydrogen) atoms. The summed E-state index contributed by atoms with van der Waals surface area (Å²) in [5.74, 6) is 0.772. The number of hydrogen-bond donors (Lipinski definition) is 1. The molecule has 0 aliphatic rings. The molecule has 2 N–H and O–H groups in total. The Morgan fingerprint density at radius 1 is 1.10 bits per heavy atom. The normalized spacial score (nSPS) is 10.4. The van der Waals surface area contributed by atoms with Crippen LogP contribution in [-0.2, 0) is 0 Å². The van der Waals surface area contributed by atoms with Crippen molar-refractivity contribution in [3.63, 3.8) is 0 Å². The monoisotopic (exact) mass is 266 g/mol. The summed E-state index contributed by atoms with van der Waals surface area (Å²) in [4.78, 5) is 8.34. The highest BCUT2D eigenvalue weighted by Crippen LogP contribution is 2.30. The summed E-state index contributed by atoms with van der Waals surface area (Å²) in [6.45, 7) is 0. The summed E-state index contributed by atoms with van der Waals surface area (Å²) >= 11 is 0. The highest BCUT2D eigenvalue weighted by molar-refractivity contribution is 5.74. The fourth-order valence-electron chi connectivity index (χ4n) is 2.13. The molecule has 100 valence electrons. The first-order valence-corrected chi connectivity index (χ1v) is 6.17. The molecule has 5 heteroatoms. The number of nitrogens with zero attached hydrogens (tertiary/aromatic N) is 3. The number of nitrogen functional groups attached to an aromatic ring is 1. The SMILES string of the molecule is COc1ccccc1-n1cncc1-c1cnccc1N. The number of hydrogen-bond acceptors (Lipinski definition) is 4. The van der Waals surface area contributed by atoms with Gasteiger partial charge in [0.1, 0.15) is 5.75 Å². The lowest BCUT2D eigenvalue weighted by Crippen LogP contribution is -2.00. The van der Waals surface area contributed by atoms with Gasteiger partial charge in [-0.05, 0) is 18.2 Å². The zero-order chi connectivity index (χ0) is 13.9. The lowest BCUT2D eigenvalue weighted by molar-refractivity contribution is 0.413.